The number of hydrogen-bond acceptors (Lipinski definition) is 3. The Labute approximate surface area is 98.5 Å². The molecule has 0 saturated carbocycles. The van der Waals surface area contributed by atoms with Gasteiger partial charge < -0.3 is 10.2 Å². The number of aromatic hydroxyl groups is 1. The van der Waals surface area contributed by atoms with E-state index in [1.54, 1.807) is 37.7 Å². The van der Waals surface area contributed by atoms with Crippen molar-refractivity contribution in [2.45, 2.75) is 24.7 Å². The summed E-state index contributed by atoms with van der Waals surface area (Å²) >= 11 is 1.65. The summed E-state index contributed by atoms with van der Waals surface area (Å²) < 4.78 is 0. The van der Waals surface area contributed by atoms with Gasteiger partial charge in [-0.15, -0.1) is 11.8 Å². The van der Waals surface area contributed by atoms with Crippen LogP contribution in [0.25, 0.3) is 0 Å². The Morgan fingerprint density at radius 3 is 2.81 bits per heavy atom. The fourth-order valence-electron chi connectivity index (χ4n) is 1.95. The Morgan fingerprint density at radius 1 is 1.50 bits per heavy atom. The molecule has 1 heterocycles. The first-order valence-electron chi connectivity index (χ1n) is 5.12. The van der Waals surface area contributed by atoms with Crippen LogP contribution < -0.4 is 0 Å². The van der Waals surface area contributed by atoms with Crippen LogP contribution in [-0.2, 0) is 4.79 Å². The molecular formula is C12H14O3S. The molecule has 1 unspecified atom stereocenters. The zero-order valence-corrected chi connectivity index (χ0v) is 10.0. The van der Waals surface area contributed by atoms with Crippen LogP contribution in [0.2, 0.25) is 0 Å². The molecule has 0 bridgehead atoms. The van der Waals surface area contributed by atoms with Crippen molar-refractivity contribution >= 4 is 17.7 Å². The lowest BCUT2D eigenvalue weighted by Crippen LogP contribution is -2.31. The predicted molar refractivity (Wildman–Crippen MR) is 63.0 cm³/mol. The molecule has 0 aliphatic carbocycles. The molecule has 16 heavy (non-hydrogen) atoms. The van der Waals surface area contributed by atoms with Gasteiger partial charge in [0.1, 0.15) is 5.75 Å². The van der Waals surface area contributed by atoms with Crippen LogP contribution in [0.1, 0.15) is 25.3 Å². The normalized spacial score (nSPS) is 19.5. The van der Waals surface area contributed by atoms with Crippen LogP contribution in [0.4, 0.5) is 0 Å². The summed E-state index contributed by atoms with van der Waals surface area (Å²) in [5, 5.41) is 18.7. The quantitative estimate of drug-likeness (QED) is 0.831. The van der Waals surface area contributed by atoms with Crippen LogP contribution in [0.3, 0.4) is 0 Å². The fraction of sp³-hybridized carbons (Fsp3) is 0.417. The number of rotatable bonds is 2. The number of aliphatic carboxylic acids is 1. The summed E-state index contributed by atoms with van der Waals surface area (Å²) in [6.07, 6.45) is 0. The van der Waals surface area contributed by atoms with Crippen LogP contribution in [0, 0.1) is 5.41 Å². The highest BCUT2D eigenvalue weighted by Gasteiger charge is 2.41. The second kappa shape index (κ2) is 3.70. The molecule has 86 valence electrons. The Kier molecular flexibility index (Phi) is 2.62. The topological polar surface area (TPSA) is 57.5 Å². The van der Waals surface area contributed by atoms with Gasteiger partial charge in [0.05, 0.1) is 5.41 Å². The van der Waals surface area contributed by atoms with Gasteiger partial charge in [-0.2, -0.15) is 0 Å². The molecule has 1 aliphatic rings. The van der Waals surface area contributed by atoms with Gasteiger partial charge in [0.2, 0.25) is 0 Å². The lowest BCUT2D eigenvalue weighted by atomic mass is 9.76. The maximum atomic E-state index is 11.2. The van der Waals surface area contributed by atoms with E-state index in [2.05, 4.69) is 0 Å². The molecule has 2 rings (SSSR count). The van der Waals surface area contributed by atoms with Crippen molar-refractivity contribution in [1.82, 2.24) is 0 Å². The highest BCUT2D eigenvalue weighted by Crippen LogP contribution is 2.49. The monoisotopic (exact) mass is 238 g/mol. The van der Waals surface area contributed by atoms with E-state index in [-0.39, 0.29) is 11.7 Å². The van der Waals surface area contributed by atoms with Crippen molar-refractivity contribution < 1.29 is 15.0 Å². The lowest BCUT2D eigenvalue weighted by molar-refractivity contribution is -0.147. The average molecular weight is 238 g/mol. The Hall–Kier alpha value is -1.16. The van der Waals surface area contributed by atoms with E-state index in [1.165, 1.54) is 0 Å². The molecule has 3 nitrogen and oxygen atoms in total. The number of phenolic OH excluding ortho intramolecular Hbond substituents is 1. The molecule has 4 heteroatoms. The number of carboxylic acids is 1. The minimum absolute atomic E-state index is 0.0444. The minimum Gasteiger partial charge on any atom is -0.508 e. The highest BCUT2D eigenvalue weighted by molar-refractivity contribution is 7.99. The van der Waals surface area contributed by atoms with E-state index >= 15 is 0 Å². The summed E-state index contributed by atoms with van der Waals surface area (Å²) in [7, 11) is 0. The number of hydrogen-bond donors (Lipinski definition) is 2. The van der Waals surface area contributed by atoms with E-state index in [4.69, 9.17) is 0 Å². The molecule has 2 N–H and O–H groups in total. The summed E-state index contributed by atoms with van der Waals surface area (Å²) in [5.41, 5.74) is 0.156. The Morgan fingerprint density at radius 2 is 2.19 bits per heavy atom. The fourth-order valence-corrected chi connectivity index (χ4v) is 3.42. The molecule has 1 aromatic carbocycles. The van der Waals surface area contributed by atoms with Gasteiger partial charge in [0.15, 0.2) is 0 Å². The second-order valence-corrected chi connectivity index (χ2v) is 5.67. The number of phenols is 1. The highest BCUT2D eigenvalue weighted by atomic mass is 32.2. The minimum atomic E-state index is -0.800. The zero-order chi connectivity index (χ0) is 11.9. The van der Waals surface area contributed by atoms with Gasteiger partial charge in [-0.25, -0.2) is 0 Å². The van der Waals surface area contributed by atoms with Crippen molar-refractivity contribution in [2.24, 2.45) is 5.41 Å². The first kappa shape index (κ1) is 11.3. The van der Waals surface area contributed by atoms with Crippen molar-refractivity contribution in [3.8, 4) is 5.75 Å². The summed E-state index contributed by atoms with van der Waals surface area (Å²) in [6.45, 7) is 3.47. The van der Waals surface area contributed by atoms with Crippen molar-refractivity contribution in [3.05, 3.63) is 23.8 Å². The number of benzene rings is 1. The number of carbonyl (C=O) groups is 1. The van der Waals surface area contributed by atoms with E-state index in [9.17, 15) is 15.0 Å². The average Bonchev–Trinajstić information content (AvgIpc) is 2.60. The standard InChI is InChI=1S/C12H14O3S/c1-12(2,11(14)15)9-6-16-10-4-3-7(13)5-8(9)10/h3-5,9,13H,6H2,1-2H3,(H,14,15). The van der Waals surface area contributed by atoms with Gasteiger partial charge in [-0.1, -0.05) is 0 Å². The third-order valence-electron chi connectivity index (χ3n) is 3.20. The van der Waals surface area contributed by atoms with Gasteiger partial charge >= 0.3 is 5.97 Å². The van der Waals surface area contributed by atoms with E-state index in [1.807, 2.05) is 6.07 Å². The van der Waals surface area contributed by atoms with Crippen LogP contribution in [0.5, 0.6) is 5.75 Å². The number of carboxylic acid groups (broad SMARTS) is 1. The van der Waals surface area contributed by atoms with Crippen LogP contribution in [-0.4, -0.2) is 21.9 Å². The zero-order valence-electron chi connectivity index (χ0n) is 9.23. The van der Waals surface area contributed by atoms with Gasteiger partial charge in [0, 0.05) is 16.6 Å². The molecule has 0 amide bonds. The first-order chi connectivity index (χ1) is 7.43. The molecule has 1 aromatic rings. The molecule has 0 aromatic heterocycles. The van der Waals surface area contributed by atoms with Crippen molar-refractivity contribution in [2.75, 3.05) is 5.75 Å². The lowest BCUT2D eigenvalue weighted by Gasteiger charge is -2.27. The summed E-state index contributed by atoms with van der Waals surface area (Å²) in [5.74, 6) is 0.122. The molecule has 0 saturated heterocycles. The maximum absolute atomic E-state index is 11.2. The largest absolute Gasteiger partial charge is 0.508 e. The maximum Gasteiger partial charge on any atom is 0.309 e. The smallest absolute Gasteiger partial charge is 0.309 e. The van der Waals surface area contributed by atoms with Crippen molar-refractivity contribution in [1.29, 1.82) is 0 Å². The molecular weight excluding hydrogens is 224 g/mol. The van der Waals surface area contributed by atoms with E-state index in [0.717, 1.165) is 16.2 Å². The van der Waals surface area contributed by atoms with Gasteiger partial charge in [-0.05, 0) is 37.6 Å². The molecule has 1 aliphatic heterocycles. The van der Waals surface area contributed by atoms with E-state index in [0.29, 0.717) is 0 Å². The SMILES string of the molecule is CC(C)(C(=O)O)C1CSc2ccc(O)cc21. The Bertz CT molecular complexity index is 440. The summed E-state index contributed by atoms with van der Waals surface area (Å²) in [6, 6.07) is 5.18. The number of thioether (sulfide) groups is 1. The Balaban J connectivity index is 2.43. The molecule has 0 spiro atoms. The summed E-state index contributed by atoms with van der Waals surface area (Å²) in [4.78, 5) is 12.3. The van der Waals surface area contributed by atoms with Crippen molar-refractivity contribution in [3.63, 3.8) is 0 Å². The van der Waals surface area contributed by atoms with Gasteiger partial charge in [-0.3, -0.25) is 4.79 Å². The molecule has 1 atom stereocenters. The third kappa shape index (κ3) is 1.67. The number of fused-ring (bicyclic) bond motifs is 1. The molecule has 0 fully saturated rings. The second-order valence-electron chi connectivity index (χ2n) is 4.61. The predicted octanol–water partition coefficient (Wildman–Crippen LogP) is 2.69. The van der Waals surface area contributed by atoms with Gasteiger partial charge in [0.25, 0.3) is 0 Å². The van der Waals surface area contributed by atoms with E-state index < -0.39 is 11.4 Å². The third-order valence-corrected chi connectivity index (χ3v) is 4.38. The molecule has 0 radical (unpaired) electrons. The van der Waals surface area contributed by atoms with Crippen LogP contribution in [0.15, 0.2) is 23.1 Å². The van der Waals surface area contributed by atoms with Crippen LogP contribution >= 0.6 is 11.8 Å². The first-order valence-corrected chi connectivity index (χ1v) is 6.10.